The van der Waals surface area contributed by atoms with Crippen molar-refractivity contribution >= 4 is 21.6 Å². The molecular formula is C18H27N3O4S. The average Bonchev–Trinajstić information content (AvgIpc) is 3.03. The van der Waals surface area contributed by atoms with E-state index in [0.717, 1.165) is 5.56 Å². The van der Waals surface area contributed by atoms with Crippen molar-refractivity contribution in [2.45, 2.75) is 50.2 Å². The summed E-state index contributed by atoms with van der Waals surface area (Å²) < 4.78 is 32.2. The third-order valence-electron chi connectivity index (χ3n) is 5.99. The summed E-state index contributed by atoms with van der Waals surface area (Å²) in [5, 5.41) is 0. The average molecular weight is 381 g/mol. The van der Waals surface area contributed by atoms with E-state index in [-0.39, 0.29) is 16.9 Å². The van der Waals surface area contributed by atoms with Gasteiger partial charge in [-0.1, -0.05) is 19.9 Å². The molecule has 7 nitrogen and oxygen atoms in total. The monoisotopic (exact) mass is 381 g/mol. The number of rotatable bonds is 5. The molecule has 1 heterocycles. The van der Waals surface area contributed by atoms with Crippen molar-refractivity contribution < 1.29 is 17.9 Å². The number of anilines is 1. The number of amides is 1. The molecule has 0 aromatic heterocycles. The lowest BCUT2D eigenvalue weighted by Gasteiger charge is -2.58. The number of carbonyl (C=O) groups excluding carboxylic acids is 1. The lowest BCUT2D eigenvalue weighted by Crippen LogP contribution is -2.76. The maximum Gasteiger partial charge on any atom is 0.247 e. The summed E-state index contributed by atoms with van der Waals surface area (Å²) in [5.41, 5.74) is 6.61. The first-order chi connectivity index (χ1) is 12.1. The van der Waals surface area contributed by atoms with Gasteiger partial charge in [-0.2, -0.15) is 0 Å². The van der Waals surface area contributed by atoms with Gasteiger partial charge in [0, 0.05) is 30.7 Å². The molecule has 1 aromatic rings. The second-order valence-corrected chi connectivity index (χ2v) is 9.43. The van der Waals surface area contributed by atoms with Crippen molar-refractivity contribution in [1.29, 1.82) is 0 Å². The predicted octanol–water partition coefficient (Wildman–Crippen LogP) is 1.02. The van der Waals surface area contributed by atoms with Gasteiger partial charge in [-0.25, -0.2) is 13.1 Å². The standard InChI is InChI=1S/C18H27N3O4S/c1-5-25-15-11-18(19,17(15,2)3)16(22)21-9-8-12-6-7-13(10-14(12)21)26(23,24)20-4/h6-7,10,15,20H,5,8-9,11,19H2,1-4H3. The van der Waals surface area contributed by atoms with Gasteiger partial charge in [0.1, 0.15) is 5.54 Å². The van der Waals surface area contributed by atoms with Gasteiger partial charge in [-0.05, 0) is 38.1 Å². The van der Waals surface area contributed by atoms with Gasteiger partial charge in [0.2, 0.25) is 15.9 Å². The quantitative estimate of drug-likeness (QED) is 0.793. The molecule has 0 radical (unpaired) electrons. The minimum atomic E-state index is -3.57. The largest absolute Gasteiger partial charge is 0.378 e. The van der Waals surface area contributed by atoms with E-state index >= 15 is 0 Å². The summed E-state index contributed by atoms with van der Waals surface area (Å²) in [6.07, 6.45) is 1.10. The van der Waals surface area contributed by atoms with Crippen molar-refractivity contribution in [3.05, 3.63) is 23.8 Å². The zero-order valence-corrected chi connectivity index (χ0v) is 16.5. The fraction of sp³-hybridized carbons (Fsp3) is 0.611. The van der Waals surface area contributed by atoms with E-state index in [1.807, 2.05) is 20.8 Å². The topological polar surface area (TPSA) is 102 Å². The molecule has 1 amide bonds. The highest BCUT2D eigenvalue weighted by atomic mass is 32.2. The smallest absolute Gasteiger partial charge is 0.247 e. The van der Waals surface area contributed by atoms with Gasteiger partial charge in [0.25, 0.3) is 0 Å². The van der Waals surface area contributed by atoms with Crippen LogP contribution in [0.5, 0.6) is 0 Å². The van der Waals surface area contributed by atoms with Crippen LogP contribution in [-0.2, 0) is 26.0 Å². The summed E-state index contributed by atoms with van der Waals surface area (Å²) in [4.78, 5) is 15.1. The highest BCUT2D eigenvalue weighted by Gasteiger charge is 2.64. The number of nitrogens with zero attached hydrogens (tertiary/aromatic N) is 1. The lowest BCUT2D eigenvalue weighted by atomic mass is 9.54. The predicted molar refractivity (Wildman–Crippen MR) is 99.5 cm³/mol. The second kappa shape index (κ2) is 6.30. The number of fused-ring (bicyclic) bond motifs is 1. The first-order valence-electron chi connectivity index (χ1n) is 8.87. The number of sulfonamides is 1. The minimum Gasteiger partial charge on any atom is -0.378 e. The van der Waals surface area contributed by atoms with Crippen LogP contribution < -0.4 is 15.4 Å². The van der Waals surface area contributed by atoms with E-state index in [4.69, 9.17) is 10.5 Å². The number of carbonyl (C=O) groups is 1. The van der Waals surface area contributed by atoms with Gasteiger partial charge in [-0.15, -0.1) is 0 Å². The molecule has 1 aromatic carbocycles. The van der Waals surface area contributed by atoms with Gasteiger partial charge in [0.05, 0.1) is 11.0 Å². The van der Waals surface area contributed by atoms with E-state index < -0.39 is 21.0 Å². The van der Waals surface area contributed by atoms with Crippen LogP contribution in [0, 0.1) is 5.41 Å². The van der Waals surface area contributed by atoms with Gasteiger partial charge >= 0.3 is 0 Å². The summed E-state index contributed by atoms with van der Waals surface area (Å²) in [6.45, 7) is 6.91. The van der Waals surface area contributed by atoms with Crippen LogP contribution in [0.15, 0.2) is 23.1 Å². The number of nitrogens with one attached hydrogen (secondary N) is 1. The van der Waals surface area contributed by atoms with Crippen LogP contribution in [0.1, 0.15) is 32.8 Å². The summed E-state index contributed by atoms with van der Waals surface area (Å²) in [6, 6.07) is 4.89. The van der Waals surface area contributed by atoms with Crippen molar-refractivity contribution in [3.8, 4) is 0 Å². The van der Waals surface area contributed by atoms with E-state index in [9.17, 15) is 13.2 Å². The van der Waals surface area contributed by atoms with Gasteiger partial charge < -0.3 is 15.4 Å². The molecule has 0 saturated heterocycles. The molecule has 2 aliphatic rings. The molecule has 1 fully saturated rings. The van der Waals surface area contributed by atoms with Crippen LogP contribution in [-0.4, -0.2) is 46.2 Å². The molecule has 144 valence electrons. The van der Waals surface area contributed by atoms with Crippen molar-refractivity contribution in [2.24, 2.45) is 11.1 Å². The normalized spacial score (nSPS) is 27.1. The Balaban J connectivity index is 1.92. The number of ether oxygens (including phenoxy) is 1. The molecule has 2 unspecified atom stereocenters. The Labute approximate surface area is 154 Å². The first kappa shape index (κ1) is 19.3. The number of hydrogen-bond acceptors (Lipinski definition) is 5. The fourth-order valence-electron chi connectivity index (χ4n) is 3.89. The third kappa shape index (κ3) is 2.67. The van der Waals surface area contributed by atoms with E-state index in [1.165, 1.54) is 7.05 Å². The second-order valence-electron chi connectivity index (χ2n) is 7.55. The molecular weight excluding hydrogens is 354 g/mol. The van der Waals surface area contributed by atoms with Gasteiger partial charge in [0.15, 0.2) is 0 Å². The molecule has 1 saturated carbocycles. The van der Waals surface area contributed by atoms with Crippen LogP contribution in [0.3, 0.4) is 0 Å². The van der Waals surface area contributed by atoms with Crippen molar-refractivity contribution in [1.82, 2.24) is 4.72 Å². The Morgan fingerprint density at radius 2 is 2.12 bits per heavy atom. The van der Waals surface area contributed by atoms with Crippen molar-refractivity contribution in [2.75, 3.05) is 25.1 Å². The molecule has 2 atom stereocenters. The Morgan fingerprint density at radius 3 is 2.69 bits per heavy atom. The molecule has 3 rings (SSSR count). The fourth-order valence-corrected chi connectivity index (χ4v) is 4.64. The Hall–Kier alpha value is -1.48. The van der Waals surface area contributed by atoms with Gasteiger partial charge in [-0.3, -0.25) is 4.79 Å². The van der Waals surface area contributed by atoms with E-state index in [0.29, 0.717) is 31.7 Å². The summed E-state index contributed by atoms with van der Waals surface area (Å²) in [5.74, 6) is -0.170. The minimum absolute atomic E-state index is 0.0560. The zero-order valence-electron chi connectivity index (χ0n) is 15.7. The van der Waals surface area contributed by atoms with Crippen LogP contribution in [0.25, 0.3) is 0 Å². The number of hydrogen-bond donors (Lipinski definition) is 2. The van der Waals surface area contributed by atoms with Crippen LogP contribution >= 0.6 is 0 Å². The third-order valence-corrected chi connectivity index (χ3v) is 7.40. The first-order valence-corrected chi connectivity index (χ1v) is 10.4. The molecule has 8 heteroatoms. The van der Waals surface area contributed by atoms with Crippen LogP contribution in [0.4, 0.5) is 5.69 Å². The Bertz CT molecular complexity index is 837. The SMILES string of the molecule is CCOC1CC(N)(C(=O)N2CCc3ccc(S(=O)(=O)NC)cc32)C1(C)C. The molecule has 0 bridgehead atoms. The Kier molecular flexibility index (Phi) is 4.67. The van der Waals surface area contributed by atoms with Crippen molar-refractivity contribution in [3.63, 3.8) is 0 Å². The zero-order chi connectivity index (χ0) is 19.3. The highest BCUT2D eigenvalue weighted by Crippen LogP contribution is 2.51. The van der Waals surface area contributed by atoms with E-state index in [2.05, 4.69) is 4.72 Å². The molecule has 3 N–H and O–H groups in total. The maximum atomic E-state index is 13.3. The summed E-state index contributed by atoms with van der Waals surface area (Å²) in [7, 11) is -2.21. The highest BCUT2D eigenvalue weighted by molar-refractivity contribution is 7.89. The molecule has 26 heavy (non-hydrogen) atoms. The number of benzene rings is 1. The Morgan fingerprint density at radius 1 is 1.42 bits per heavy atom. The molecule has 1 aliphatic heterocycles. The molecule has 1 aliphatic carbocycles. The molecule has 0 spiro atoms. The summed E-state index contributed by atoms with van der Waals surface area (Å²) >= 11 is 0. The van der Waals surface area contributed by atoms with E-state index in [1.54, 1.807) is 23.1 Å². The maximum absolute atomic E-state index is 13.3. The van der Waals surface area contributed by atoms with Crippen LogP contribution in [0.2, 0.25) is 0 Å². The lowest BCUT2D eigenvalue weighted by molar-refractivity contribution is -0.168. The number of nitrogens with two attached hydrogens (primary N) is 1.